The quantitative estimate of drug-likeness (QED) is 0.856. The fraction of sp³-hybridized carbons (Fsp3) is 0.632. The van der Waals surface area contributed by atoms with Gasteiger partial charge in [-0.2, -0.15) is 0 Å². The summed E-state index contributed by atoms with van der Waals surface area (Å²) in [7, 11) is 2.20. The normalized spacial score (nSPS) is 25.5. The molecule has 0 N–H and O–H groups in total. The largest absolute Gasteiger partial charge is 0.337 e. The van der Waals surface area contributed by atoms with Gasteiger partial charge in [0.1, 0.15) is 0 Å². The lowest BCUT2D eigenvalue weighted by atomic mass is 9.96. The third-order valence-electron chi connectivity index (χ3n) is 5.12. The van der Waals surface area contributed by atoms with Gasteiger partial charge in [0.2, 0.25) is 0 Å². The fourth-order valence-corrected chi connectivity index (χ4v) is 3.92. The van der Waals surface area contributed by atoms with Gasteiger partial charge in [-0.1, -0.05) is 26.0 Å². The number of likely N-dealkylation sites (N-methyl/N-ethyl adjacent to an activating group) is 1. The number of hydrogen-bond donors (Lipinski definition) is 0. The van der Waals surface area contributed by atoms with Gasteiger partial charge < -0.3 is 9.80 Å². The molecule has 22 heavy (non-hydrogen) atoms. The Bertz CT molecular complexity index is 523. The molecule has 3 aliphatic rings. The maximum atomic E-state index is 12.8. The zero-order valence-electron chi connectivity index (χ0n) is 14.1. The molecular weight excluding hydrogens is 272 g/mol. The van der Waals surface area contributed by atoms with Gasteiger partial charge in [-0.05, 0) is 55.8 Å². The molecule has 0 aromatic heterocycles. The van der Waals surface area contributed by atoms with E-state index < -0.39 is 0 Å². The lowest BCUT2D eigenvalue weighted by molar-refractivity contribution is 0.0742. The molecule has 3 nitrogen and oxygen atoms in total. The van der Waals surface area contributed by atoms with Crippen LogP contribution in [0.5, 0.6) is 0 Å². The average Bonchev–Trinajstić information content (AvgIpc) is 2.78. The first-order valence-corrected chi connectivity index (χ1v) is 8.61. The van der Waals surface area contributed by atoms with Crippen LogP contribution in [0.2, 0.25) is 0 Å². The Balaban J connectivity index is 1.71. The Morgan fingerprint density at radius 1 is 1.14 bits per heavy atom. The van der Waals surface area contributed by atoms with E-state index in [0.29, 0.717) is 17.9 Å². The van der Waals surface area contributed by atoms with Gasteiger partial charge in [-0.3, -0.25) is 4.79 Å². The number of carbonyl (C=O) groups excluding carboxylic acids is 1. The van der Waals surface area contributed by atoms with Crippen molar-refractivity contribution in [2.24, 2.45) is 11.8 Å². The Morgan fingerprint density at radius 3 is 2.50 bits per heavy atom. The smallest absolute Gasteiger partial charge is 0.253 e. The molecule has 2 bridgehead atoms. The summed E-state index contributed by atoms with van der Waals surface area (Å²) in [6, 6.07) is 8.80. The van der Waals surface area contributed by atoms with Gasteiger partial charge >= 0.3 is 0 Å². The van der Waals surface area contributed by atoms with Crippen molar-refractivity contribution in [1.29, 1.82) is 0 Å². The van der Waals surface area contributed by atoms with Crippen LogP contribution in [0.25, 0.3) is 0 Å². The van der Waals surface area contributed by atoms with Crippen LogP contribution in [-0.2, 0) is 6.42 Å². The zero-order chi connectivity index (χ0) is 15.7. The van der Waals surface area contributed by atoms with Crippen LogP contribution in [0.4, 0.5) is 0 Å². The van der Waals surface area contributed by atoms with Gasteiger partial charge in [0, 0.05) is 31.2 Å². The second-order valence-electron chi connectivity index (χ2n) is 7.54. The van der Waals surface area contributed by atoms with Crippen LogP contribution < -0.4 is 0 Å². The molecule has 3 heterocycles. The van der Waals surface area contributed by atoms with E-state index in [4.69, 9.17) is 0 Å². The van der Waals surface area contributed by atoms with Crippen LogP contribution >= 0.6 is 0 Å². The van der Waals surface area contributed by atoms with Crippen molar-refractivity contribution >= 4 is 5.91 Å². The lowest BCUT2D eigenvalue weighted by Gasteiger charge is -2.32. The third kappa shape index (κ3) is 3.35. The van der Waals surface area contributed by atoms with Crippen molar-refractivity contribution in [3.63, 3.8) is 0 Å². The molecule has 120 valence electrons. The Hall–Kier alpha value is -1.35. The van der Waals surface area contributed by atoms with Crippen molar-refractivity contribution < 1.29 is 4.79 Å². The topological polar surface area (TPSA) is 23.6 Å². The second-order valence-corrected chi connectivity index (χ2v) is 7.54. The molecule has 0 aliphatic carbocycles. The monoisotopic (exact) mass is 300 g/mol. The molecule has 0 spiro atoms. The molecule has 1 amide bonds. The Labute approximate surface area is 134 Å². The first-order valence-electron chi connectivity index (χ1n) is 8.61. The lowest BCUT2D eigenvalue weighted by Crippen LogP contribution is -2.41. The average molecular weight is 300 g/mol. The summed E-state index contributed by atoms with van der Waals surface area (Å²) < 4.78 is 0. The van der Waals surface area contributed by atoms with Gasteiger partial charge in [0.15, 0.2) is 0 Å². The van der Waals surface area contributed by atoms with Gasteiger partial charge in [-0.25, -0.2) is 0 Å². The van der Waals surface area contributed by atoms with Crippen molar-refractivity contribution in [2.75, 3.05) is 26.7 Å². The maximum absolute atomic E-state index is 12.8. The van der Waals surface area contributed by atoms with Crippen LogP contribution in [0.3, 0.4) is 0 Å². The maximum Gasteiger partial charge on any atom is 0.253 e. The van der Waals surface area contributed by atoms with Crippen molar-refractivity contribution in [3.8, 4) is 0 Å². The van der Waals surface area contributed by atoms with E-state index in [1.54, 1.807) is 0 Å². The summed E-state index contributed by atoms with van der Waals surface area (Å²) in [5.41, 5.74) is 2.17. The minimum absolute atomic E-state index is 0.211. The van der Waals surface area contributed by atoms with E-state index >= 15 is 0 Å². The molecule has 3 aliphatic heterocycles. The fourth-order valence-electron chi connectivity index (χ4n) is 3.92. The number of hydrogen-bond acceptors (Lipinski definition) is 2. The molecule has 3 saturated heterocycles. The number of nitrogens with zero attached hydrogens (tertiary/aromatic N) is 2. The summed E-state index contributed by atoms with van der Waals surface area (Å²) >= 11 is 0. The molecule has 0 unspecified atom stereocenters. The highest BCUT2D eigenvalue weighted by atomic mass is 16.2. The standard InChI is InChI=1S/C19H28N2O/c1-14(2)10-15-4-7-17(8-5-15)19(22)21-12-16-6-9-18(13-21)20(3)11-16/h4-5,7-8,14,16,18H,6,9-13H2,1-3H3/t16-,18-/m1/s1. The summed E-state index contributed by atoms with van der Waals surface area (Å²) in [5.74, 6) is 1.51. The SMILES string of the molecule is CC(C)Cc1ccc(C(=O)N2C[C@@H]3CC[C@H](C2)N(C)C3)cc1. The van der Waals surface area contributed by atoms with E-state index in [9.17, 15) is 4.79 Å². The number of carbonyl (C=O) groups is 1. The van der Waals surface area contributed by atoms with Crippen molar-refractivity contribution in [1.82, 2.24) is 9.80 Å². The first kappa shape index (κ1) is 15.5. The van der Waals surface area contributed by atoms with E-state index in [0.717, 1.165) is 31.6 Å². The van der Waals surface area contributed by atoms with E-state index in [1.165, 1.54) is 18.4 Å². The number of benzene rings is 1. The number of rotatable bonds is 3. The van der Waals surface area contributed by atoms with Crippen LogP contribution in [0, 0.1) is 11.8 Å². The number of fused-ring (bicyclic) bond motifs is 4. The number of piperidine rings is 1. The van der Waals surface area contributed by atoms with Gasteiger partial charge in [0.25, 0.3) is 5.91 Å². The highest BCUT2D eigenvalue weighted by Crippen LogP contribution is 2.27. The van der Waals surface area contributed by atoms with Crippen molar-refractivity contribution in [2.45, 2.75) is 39.2 Å². The van der Waals surface area contributed by atoms with Crippen LogP contribution in [0.15, 0.2) is 24.3 Å². The molecule has 3 heteroatoms. The zero-order valence-corrected chi connectivity index (χ0v) is 14.1. The van der Waals surface area contributed by atoms with E-state index in [-0.39, 0.29) is 5.91 Å². The molecule has 1 aromatic carbocycles. The molecular formula is C19H28N2O. The highest BCUT2D eigenvalue weighted by molar-refractivity contribution is 5.94. The van der Waals surface area contributed by atoms with Gasteiger partial charge in [-0.15, -0.1) is 0 Å². The summed E-state index contributed by atoms with van der Waals surface area (Å²) in [6.07, 6.45) is 3.58. The van der Waals surface area contributed by atoms with Crippen molar-refractivity contribution in [3.05, 3.63) is 35.4 Å². The molecule has 0 radical (unpaired) electrons. The van der Waals surface area contributed by atoms with E-state index in [2.05, 4.69) is 42.8 Å². The van der Waals surface area contributed by atoms with E-state index in [1.807, 2.05) is 12.1 Å². The Morgan fingerprint density at radius 2 is 1.86 bits per heavy atom. The summed E-state index contributed by atoms with van der Waals surface area (Å²) in [5, 5.41) is 0. The Kier molecular flexibility index (Phi) is 4.53. The first-order chi connectivity index (χ1) is 10.5. The molecule has 3 fully saturated rings. The summed E-state index contributed by atoms with van der Waals surface area (Å²) in [4.78, 5) is 17.3. The molecule has 2 atom stereocenters. The molecule has 4 rings (SSSR count). The minimum Gasteiger partial charge on any atom is -0.337 e. The second kappa shape index (κ2) is 6.41. The van der Waals surface area contributed by atoms with Crippen LogP contribution in [0.1, 0.15) is 42.6 Å². The highest BCUT2D eigenvalue weighted by Gasteiger charge is 2.34. The summed E-state index contributed by atoms with van der Waals surface area (Å²) in [6.45, 7) is 7.40. The number of amides is 1. The molecule has 0 saturated carbocycles. The minimum atomic E-state index is 0.211. The third-order valence-corrected chi connectivity index (χ3v) is 5.12. The predicted molar refractivity (Wildman–Crippen MR) is 90.0 cm³/mol. The van der Waals surface area contributed by atoms with Crippen LogP contribution in [-0.4, -0.2) is 48.4 Å². The van der Waals surface area contributed by atoms with Gasteiger partial charge in [0.05, 0.1) is 0 Å². The molecule has 1 aromatic rings. The predicted octanol–water partition coefficient (Wildman–Crippen LogP) is 3.05.